The minimum Gasteiger partial charge on any atom is -0.472 e. The van der Waals surface area contributed by atoms with E-state index in [1.54, 1.807) is 17.4 Å². The van der Waals surface area contributed by atoms with Crippen molar-refractivity contribution in [3.8, 4) is 0 Å². The quantitative estimate of drug-likeness (QED) is 0.852. The van der Waals surface area contributed by atoms with Gasteiger partial charge in [0.15, 0.2) is 0 Å². The second-order valence-corrected chi connectivity index (χ2v) is 6.61. The van der Waals surface area contributed by atoms with Crippen LogP contribution in [-0.2, 0) is 16.1 Å². The highest BCUT2D eigenvalue weighted by molar-refractivity contribution is 5.68. The summed E-state index contributed by atoms with van der Waals surface area (Å²) in [6.45, 7) is 9.49. The van der Waals surface area contributed by atoms with E-state index in [0.717, 1.165) is 18.4 Å². The summed E-state index contributed by atoms with van der Waals surface area (Å²) in [6, 6.07) is 1.89. The molecule has 0 bridgehead atoms. The molecule has 0 N–H and O–H groups in total. The maximum Gasteiger partial charge on any atom is 0.410 e. The monoisotopic (exact) mass is 295 g/mol. The van der Waals surface area contributed by atoms with Gasteiger partial charge in [0.2, 0.25) is 0 Å². The number of rotatable bonds is 4. The minimum absolute atomic E-state index is 0.260. The molecular weight excluding hydrogens is 270 g/mol. The molecule has 1 fully saturated rings. The van der Waals surface area contributed by atoms with Crippen LogP contribution in [0.25, 0.3) is 0 Å². The van der Waals surface area contributed by atoms with Gasteiger partial charge in [-0.05, 0) is 39.7 Å². The predicted octanol–water partition coefficient (Wildman–Crippen LogP) is 3.59. The largest absolute Gasteiger partial charge is 0.472 e. The van der Waals surface area contributed by atoms with Gasteiger partial charge in [0.1, 0.15) is 5.60 Å². The fraction of sp³-hybridized carbons (Fsp3) is 0.688. The minimum atomic E-state index is -0.466. The molecule has 21 heavy (non-hydrogen) atoms. The van der Waals surface area contributed by atoms with Crippen molar-refractivity contribution in [2.45, 2.75) is 58.3 Å². The first-order valence-corrected chi connectivity index (χ1v) is 7.46. The van der Waals surface area contributed by atoms with Gasteiger partial charge in [-0.15, -0.1) is 0 Å². The fourth-order valence-electron chi connectivity index (χ4n) is 2.45. The van der Waals surface area contributed by atoms with Crippen LogP contribution in [0.4, 0.5) is 4.79 Å². The second kappa shape index (κ2) is 6.10. The van der Waals surface area contributed by atoms with Crippen LogP contribution in [-0.4, -0.2) is 35.3 Å². The Hall–Kier alpha value is -1.49. The van der Waals surface area contributed by atoms with Crippen molar-refractivity contribution in [1.29, 1.82) is 0 Å². The number of carbonyl (C=O) groups excluding carboxylic acids is 1. The van der Waals surface area contributed by atoms with Crippen LogP contribution in [0.2, 0.25) is 0 Å². The standard InChI is InChI=1S/C16H25NO4/c1-5-16(20-11-13-6-9-19-10-13)7-8-17(12-16)14(18)21-15(2,3)4/h6,9-10H,5,7-8,11-12H2,1-4H3. The highest BCUT2D eigenvalue weighted by Crippen LogP contribution is 2.31. The number of furan rings is 1. The summed E-state index contributed by atoms with van der Waals surface area (Å²) in [5, 5.41) is 0. The fourth-order valence-corrected chi connectivity index (χ4v) is 2.45. The van der Waals surface area contributed by atoms with Crippen LogP contribution in [0.3, 0.4) is 0 Å². The number of likely N-dealkylation sites (tertiary alicyclic amines) is 1. The van der Waals surface area contributed by atoms with Crippen LogP contribution in [0.15, 0.2) is 23.0 Å². The van der Waals surface area contributed by atoms with Crippen LogP contribution >= 0.6 is 0 Å². The number of carbonyl (C=O) groups is 1. The lowest BCUT2D eigenvalue weighted by Gasteiger charge is -2.29. The van der Waals surface area contributed by atoms with Gasteiger partial charge < -0.3 is 18.8 Å². The van der Waals surface area contributed by atoms with Gasteiger partial charge in [-0.3, -0.25) is 0 Å². The molecule has 118 valence electrons. The molecule has 1 aromatic rings. The number of hydrogen-bond donors (Lipinski definition) is 0. The van der Waals surface area contributed by atoms with Crippen molar-refractivity contribution >= 4 is 6.09 Å². The summed E-state index contributed by atoms with van der Waals surface area (Å²) in [6.07, 6.45) is 4.76. The average Bonchev–Trinajstić information content (AvgIpc) is 3.05. The van der Waals surface area contributed by atoms with Crippen molar-refractivity contribution in [2.24, 2.45) is 0 Å². The van der Waals surface area contributed by atoms with Crippen molar-refractivity contribution in [1.82, 2.24) is 4.90 Å². The summed E-state index contributed by atoms with van der Waals surface area (Å²) >= 11 is 0. The molecule has 1 aliphatic rings. The Kier molecular flexibility index (Phi) is 4.61. The Morgan fingerprint density at radius 1 is 1.48 bits per heavy atom. The van der Waals surface area contributed by atoms with Gasteiger partial charge in [0, 0.05) is 12.1 Å². The smallest absolute Gasteiger partial charge is 0.410 e. The van der Waals surface area contributed by atoms with E-state index in [1.165, 1.54) is 0 Å². The number of nitrogens with zero attached hydrogens (tertiary/aromatic N) is 1. The molecule has 1 unspecified atom stereocenters. The zero-order valence-corrected chi connectivity index (χ0v) is 13.3. The van der Waals surface area contributed by atoms with Crippen LogP contribution < -0.4 is 0 Å². The van der Waals surface area contributed by atoms with E-state index in [0.29, 0.717) is 19.7 Å². The van der Waals surface area contributed by atoms with Gasteiger partial charge in [-0.2, -0.15) is 0 Å². The lowest BCUT2D eigenvalue weighted by molar-refractivity contribution is -0.0529. The molecule has 0 aliphatic carbocycles. The first kappa shape index (κ1) is 15.9. The first-order valence-electron chi connectivity index (χ1n) is 7.46. The molecule has 5 heteroatoms. The third-order valence-electron chi connectivity index (χ3n) is 3.74. The summed E-state index contributed by atoms with van der Waals surface area (Å²) in [7, 11) is 0. The molecule has 1 amide bonds. The van der Waals surface area contributed by atoms with E-state index in [9.17, 15) is 4.79 Å². The lowest BCUT2D eigenvalue weighted by atomic mass is 10.00. The summed E-state index contributed by atoms with van der Waals surface area (Å²) in [5.41, 5.74) is 0.263. The maximum absolute atomic E-state index is 12.1. The molecule has 2 heterocycles. The highest BCUT2D eigenvalue weighted by Gasteiger charge is 2.41. The Morgan fingerprint density at radius 2 is 2.24 bits per heavy atom. The molecule has 0 spiro atoms. The Balaban J connectivity index is 1.92. The first-order chi connectivity index (χ1) is 9.84. The van der Waals surface area contributed by atoms with E-state index < -0.39 is 5.60 Å². The van der Waals surface area contributed by atoms with E-state index in [4.69, 9.17) is 13.9 Å². The molecule has 5 nitrogen and oxygen atoms in total. The third-order valence-corrected chi connectivity index (χ3v) is 3.74. The van der Waals surface area contributed by atoms with Crippen LogP contribution in [0.5, 0.6) is 0 Å². The number of amides is 1. The highest BCUT2D eigenvalue weighted by atomic mass is 16.6. The Labute approximate surface area is 126 Å². The zero-order valence-electron chi connectivity index (χ0n) is 13.3. The van der Waals surface area contributed by atoms with E-state index in [-0.39, 0.29) is 11.7 Å². The molecule has 0 saturated carbocycles. The second-order valence-electron chi connectivity index (χ2n) is 6.61. The molecule has 2 rings (SSSR count). The van der Waals surface area contributed by atoms with Gasteiger partial charge >= 0.3 is 6.09 Å². The van der Waals surface area contributed by atoms with Crippen molar-refractivity contribution in [3.63, 3.8) is 0 Å². The van der Waals surface area contributed by atoms with Crippen LogP contribution in [0.1, 0.15) is 46.1 Å². The normalized spacial score (nSPS) is 22.6. The Morgan fingerprint density at radius 3 is 2.81 bits per heavy atom. The predicted molar refractivity (Wildman–Crippen MR) is 78.9 cm³/mol. The van der Waals surface area contributed by atoms with Gasteiger partial charge in [0.05, 0.1) is 31.3 Å². The lowest BCUT2D eigenvalue weighted by Crippen LogP contribution is -2.40. The van der Waals surface area contributed by atoms with E-state index in [1.807, 2.05) is 26.8 Å². The number of hydrogen-bond acceptors (Lipinski definition) is 4. The summed E-state index contributed by atoms with van der Waals surface area (Å²) < 4.78 is 16.6. The molecular formula is C16H25NO4. The summed E-state index contributed by atoms with van der Waals surface area (Å²) in [5.74, 6) is 0. The molecule has 0 aromatic carbocycles. The van der Waals surface area contributed by atoms with Crippen molar-refractivity contribution in [2.75, 3.05) is 13.1 Å². The third kappa shape index (κ3) is 4.24. The molecule has 1 atom stereocenters. The van der Waals surface area contributed by atoms with Gasteiger partial charge in [-0.25, -0.2) is 4.79 Å². The molecule has 1 aliphatic heterocycles. The van der Waals surface area contributed by atoms with Crippen LogP contribution in [0, 0.1) is 0 Å². The Bertz CT molecular complexity index is 463. The molecule has 1 aromatic heterocycles. The zero-order chi connectivity index (χ0) is 15.5. The topological polar surface area (TPSA) is 51.9 Å². The maximum atomic E-state index is 12.1. The SMILES string of the molecule is CCC1(OCc2ccoc2)CCN(C(=O)OC(C)(C)C)C1. The number of ether oxygens (including phenoxy) is 2. The molecule has 1 saturated heterocycles. The van der Waals surface area contributed by atoms with Crippen molar-refractivity contribution in [3.05, 3.63) is 24.2 Å². The van der Waals surface area contributed by atoms with Gasteiger partial charge in [0.25, 0.3) is 0 Å². The van der Waals surface area contributed by atoms with Crippen molar-refractivity contribution < 1.29 is 18.7 Å². The summed E-state index contributed by atoms with van der Waals surface area (Å²) in [4.78, 5) is 13.9. The van der Waals surface area contributed by atoms with E-state index in [2.05, 4.69) is 6.92 Å². The van der Waals surface area contributed by atoms with E-state index >= 15 is 0 Å². The molecule has 0 radical (unpaired) electrons. The van der Waals surface area contributed by atoms with Gasteiger partial charge in [-0.1, -0.05) is 6.92 Å². The average molecular weight is 295 g/mol.